The normalized spacial score (nSPS) is 39.2. The highest BCUT2D eigenvalue weighted by Gasteiger charge is 2.32. The van der Waals surface area contributed by atoms with Crippen molar-refractivity contribution in [2.45, 2.75) is 148 Å². The Labute approximate surface area is 213 Å². The molecule has 1 heteroatoms. The van der Waals surface area contributed by atoms with Crippen LogP contribution in [0.4, 0.5) is 0 Å². The van der Waals surface area contributed by atoms with E-state index < -0.39 is 0 Å². The second-order valence-electron chi connectivity index (χ2n) is 13.2. The van der Waals surface area contributed by atoms with Gasteiger partial charge in [-0.25, -0.2) is 0 Å². The van der Waals surface area contributed by atoms with Crippen molar-refractivity contribution in [3.63, 3.8) is 0 Å². The van der Waals surface area contributed by atoms with Crippen LogP contribution < -0.4 is 0 Å². The SMILES string of the molecule is CCCCCC1CCC(C2C=CC(C3CCC(OCCCC4CCC(C)CC4)CC3)CC2)CC1. The maximum absolute atomic E-state index is 6.35. The average molecular weight is 471 g/mol. The molecule has 3 saturated carbocycles. The van der Waals surface area contributed by atoms with Gasteiger partial charge < -0.3 is 4.74 Å². The Kier molecular flexibility index (Phi) is 11.4. The molecule has 0 bridgehead atoms. The summed E-state index contributed by atoms with van der Waals surface area (Å²) in [6, 6.07) is 0. The van der Waals surface area contributed by atoms with Crippen LogP contribution in [0.2, 0.25) is 0 Å². The maximum Gasteiger partial charge on any atom is 0.0575 e. The Balaban J connectivity index is 1.07. The van der Waals surface area contributed by atoms with Crippen molar-refractivity contribution in [2.75, 3.05) is 6.61 Å². The predicted molar refractivity (Wildman–Crippen MR) is 147 cm³/mol. The summed E-state index contributed by atoms with van der Waals surface area (Å²) in [5.74, 6) is 6.75. The lowest BCUT2D eigenvalue weighted by atomic mass is 9.68. The van der Waals surface area contributed by atoms with Gasteiger partial charge in [0.05, 0.1) is 6.10 Å². The summed E-state index contributed by atoms with van der Waals surface area (Å²) in [6.45, 7) is 5.78. The number of hydrogen-bond donors (Lipinski definition) is 0. The van der Waals surface area contributed by atoms with Crippen molar-refractivity contribution in [3.8, 4) is 0 Å². The average Bonchev–Trinajstić information content (AvgIpc) is 2.89. The Bertz CT molecular complexity index is 557. The molecule has 0 aliphatic heterocycles. The Morgan fingerprint density at radius 2 is 1.12 bits per heavy atom. The molecule has 4 aliphatic rings. The Morgan fingerprint density at radius 3 is 1.68 bits per heavy atom. The van der Waals surface area contributed by atoms with E-state index in [9.17, 15) is 0 Å². The van der Waals surface area contributed by atoms with Crippen molar-refractivity contribution in [1.82, 2.24) is 0 Å². The molecular weight excluding hydrogens is 412 g/mol. The number of ether oxygens (including phenoxy) is 1. The molecule has 0 saturated heterocycles. The molecule has 3 fully saturated rings. The summed E-state index contributed by atoms with van der Waals surface area (Å²) in [7, 11) is 0. The molecule has 1 nitrogen and oxygen atoms in total. The highest BCUT2D eigenvalue weighted by molar-refractivity contribution is 5.03. The van der Waals surface area contributed by atoms with Crippen LogP contribution in [-0.4, -0.2) is 12.7 Å². The van der Waals surface area contributed by atoms with E-state index in [1.54, 1.807) is 0 Å². The number of rotatable bonds is 11. The maximum atomic E-state index is 6.35. The molecule has 2 unspecified atom stereocenters. The van der Waals surface area contributed by atoms with Crippen LogP contribution in [0.5, 0.6) is 0 Å². The van der Waals surface area contributed by atoms with E-state index in [4.69, 9.17) is 4.74 Å². The van der Waals surface area contributed by atoms with Gasteiger partial charge in [-0.15, -0.1) is 0 Å². The van der Waals surface area contributed by atoms with Gasteiger partial charge in [-0.2, -0.15) is 0 Å². The molecule has 34 heavy (non-hydrogen) atoms. The van der Waals surface area contributed by atoms with Crippen LogP contribution >= 0.6 is 0 Å². The zero-order valence-electron chi connectivity index (χ0n) is 23.0. The van der Waals surface area contributed by atoms with Gasteiger partial charge in [-0.1, -0.05) is 90.2 Å². The van der Waals surface area contributed by atoms with Gasteiger partial charge in [0.2, 0.25) is 0 Å². The van der Waals surface area contributed by atoms with E-state index in [1.807, 2.05) is 0 Å². The first kappa shape index (κ1) is 26.8. The summed E-state index contributed by atoms with van der Waals surface area (Å²) < 4.78 is 6.35. The predicted octanol–water partition coefficient (Wildman–Crippen LogP) is 10.1. The highest BCUT2D eigenvalue weighted by Crippen LogP contribution is 2.43. The number of unbranched alkanes of at least 4 members (excludes halogenated alkanes) is 2. The van der Waals surface area contributed by atoms with Crippen molar-refractivity contribution < 1.29 is 4.74 Å². The zero-order chi connectivity index (χ0) is 23.6. The molecule has 0 aromatic carbocycles. The van der Waals surface area contributed by atoms with Gasteiger partial charge >= 0.3 is 0 Å². The molecule has 0 heterocycles. The number of allylic oxidation sites excluding steroid dienone is 2. The van der Waals surface area contributed by atoms with Crippen molar-refractivity contribution in [3.05, 3.63) is 12.2 Å². The van der Waals surface area contributed by atoms with Gasteiger partial charge in [-0.3, -0.25) is 0 Å². The lowest BCUT2D eigenvalue weighted by molar-refractivity contribution is 0.00888. The third-order valence-corrected chi connectivity index (χ3v) is 10.7. The minimum atomic E-state index is 0.565. The van der Waals surface area contributed by atoms with E-state index in [-0.39, 0.29) is 0 Å². The summed E-state index contributed by atoms with van der Waals surface area (Å²) in [4.78, 5) is 0. The van der Waals surface area contributed by atoms with E-state index >= 15 is 0 Å². The Hall–Kier alpha value is -0.300. The van der Waals surface area contributed by atoms with Gasteiger partial charge in [0.1, 0.15) is 0 Å². The lowest BCUT2D eigenvalue weighted by Gasteiger charge is -2.38. The largest absolute Gasteiger partial charge is 0.378 e. The van der Waals surface area contributed by atoms with Crippen LogP contribution in [0.25, 0.3) is 0 Å². The zero-order valence-corrected chi connectivity index (χ0v) is 23.0. The van der Waals surface area contributed by atoms with Gasteiger partial charge in [0.25, 0.3) is 0 Å². The van der Waals surface area contributed by atoms with Crippen LogP contribution in [-0.2, 0) is 4.74 Å². The molecular formula is C33H58O. The topological polar surface area (TPSA) is 9.23 Å². The molecule has 0 aromatic rings. The minimum Gasteiger partial charge on any atom is -0.378 e. The first-order valence-corrected chi connectivity index (χ1v) is 16.0. The van der Waals surface area contributed by atoms with Crippen LogP contribution in [0.15, 0.2) is 12.2 Å². The number of hydrogen-bond acceptors (Lipinski definition) is 1. The second kappa shape index (κ2) is 14.4. The molecule has 0 amide bonds. The van der Waals surface area contributed by atoms with Gasteiger partial charge in [-0.05, 0) is 106 Å². The van der Waals surface area contributed by atoms with Gasteiger partial charge in [0.15, 0.2) is 0 Å². The monoisotopic (exact) mass is 470 g/mol. The highest BCUT2D eigenvalue weighted by atomic mass is 16.5. The third kappa shape index (κ3) is 8.38. The molecule has 2 atom stereocenters. The fourth-order valence-electron chi connectivity index (χ4n) is 8.16. The summed E-state index contributed by atoms with van der Waals surface area (Å²) in [6.07, 6.45) is 34.8. The van der Waals surface area contributed by atoms with Crippen molar-refractivity contribution in [2.24, 2.45) is 41.4 Å². The Morgan fingerprint density at radius 1 is 0.588 bits per heavy atom. The molecule has 4 rings (SSSR count). The van der Waals surface area contributed by atoms with Crippen LogP contribution in [0.1, 0.15) is 142 Å². The molecule has 0 N–H and O–H groups in total. The quantitative estimate of drug-likeness (QED) is 0.215. The van der Waals surface area contributed by atoms with E-state index in [0.717, 1.165) is 48.0 Å². The van der Waals surface area contributed by atoms with E-state index in [0.29, 0.717) is 6.10 Å². The standard InChI is InChI=1S/C33H58O/c1-3-4-5-7-27-13-15-29(16-14-27)30-17-19-31(20-18-30)32-21-23-33(24-22-32)34-25-6-8-28-11-9-26(2)10-12-28/h17,19,26-33H,3-16,18,20-25H2,1-2H3. The third-order valence-electron chi connectivity index (χ3n) is 10.7. The molecule has 4 aliphatic carbocycles. The molecule has 0 aromatic heterocycles. The molecule has 0 radical (unpaired) electrons. The first-order chi connectivity index (χ1) is 16.7. The fraction of sp³-hybridized carbons (Fsp3) is 0.939. The van der Waals surface area contributed by atoms with Crippen LogP contribution in [0.3, 0.4) is 0 Å². The summed E-state index contributed by atoms with van der Waals surface area (Å²) in [5, 5.41) is 0. The van der Waals surface area contributed by atoms with E-state index in [1.165, 1.54) is 128 Å². The summed E-state index contributed by atoms with van der Waals surface area (Å²) in [5.41, 5.74) is 0. The second-order valence-corrected chi connectivity index (χ2v) is 13.2. The van der Waals surface area contributed by atoms with E-state index in [2.05, 4.69) is 26.0 Å². The van der Waals surface area contributed by atoms with Crippen molar-refractivity contribution in [1.29, 1.82) is 0 Å². The minimum absolute atomic E-state index is 0.565. The van der Waals surface area contributed by atoms with Crippen molar-refractivity contribution >= 4 is 0 Å². The summed E-state index contributed by atoms with van der Waals surface area (Å²) >= 11 is 0. The van der Waals surface area contributed by atoms with Gasteiger partial charge in [0, 0.05) is 6.61 Å². The lowest BCUT2D eigenvalue weighted by Crippen LogP contribution is -2.29. The van der Waals surface area contributed by atoms with Crippen LogP contribution in [0, 0.1) is 41.4 Å². The first-order valence-electron chi connectivity index (χ1n) is 16.0. The fourth-order valence-corrected chi connectivity index (χ4v) is 8.16. The molecule has 196 valence electrons. The smallest absolute Gasteiger partial charge is 0.0575 e. The molecule has 0 spiro atoms.